The first kappa shape index (κ1) is 14.9. The van der Waals surface area contributed by atoms with Gasteiger partial charge in [-0.2, -0.15) is 0 Å². The van der Waals surface area contributed by atoms with E-state index in [0.29, 0.717) is 6.04 Å². The normalized spacial score (nSPS) is 13.0. The standard InChI is InChI=1S/C12H28N2O/c1-3-5-6-7-8-9-12(14-13)11-15-10-4-2/h12,14H,3-11,13H2,1-2H3. The molecule has 0 saturated heterocycles. The molecular weight excluding hydrogens is 188 g/mol. The molecule has 0 bridgehead atoms. The van der Waals surface area contributed by atoms with Crippen LogP contribution in [-0.4, -0.2) is 19.3 Å². The van der Waals surface area contributed by atoms with Crippen molar-refractivity contribution in [3.8, 4) is 0 Å². The van der Waals surface area contributed by atoms with E-state index in [1.165, 1.54) is 32.1 Å². The molecule has 0 aromatic rings. The number of hydrazine groups is 1. The number of hydrogen-bond donors (Lipinski definition) is 2. The SMILES string of the molecule is CCCCCCCC(COCCC)NN. The Bertz CT molecular complexity index is 120. The zero-order valence-corrected chi connectivity index (χ0v) is 10.4. The topological polar surface area (TPSA) is 47.3 Å². The smallest absolute Gasteiger partial charge is 0.0633 e. The molecule has 92 valence electrons. The Morgan fingerprint density at radius 2 is 1.80 bits per heavy atom. The zero-order chi connectivity index (χ0) is 11.4. The Hall–Kier alpha value is -0.120. The van der Waals surface area contributed by atoms with E-state index in [0.717, 1.165) is 26.1 Å². The molecule has 15 heavy (non-hydrogen) atoms. The van der Waals surface area contributed by atoms with Gasteiger partial charge in [-0.15, -0.1) is 0 Å². The van der Waals surface area contributed by atoms with Crippen LogP contribution in [0.5, 0.6) is 0 Å². The van der Waals surface area contributed by atoms with Crippen molar-refractivity contribution in [1.29, 1.82) is 0 Å². The number of nitrogens with two attached hydrogens (primary N) is 1. The average molecular weight is 216 g/mol. The fourth-order valence-electron chi connectivity index (χ4n) is 1.58. The highest BCUT2D eigenvalue weighted by Crippen LogP contribution is 2.07. The molecular formula is C12H28N2O. The third-order valence-electron chi connectivity index (χ3n) is 2.56. The first-order valence-corrected chi connectivity index (χ1v) is 6.39. The summed E-state index contributed by atoms with van der Waals surface area (Å²) in [5.41, 5.74) is 2.83. The molecule has 0 heterocycles. The lowest BCUT2D eigenvalue weighted by Crippen LogP contribution is -2.38. The summed E-state index contributed by atoms with van der Waals surface area (Å²) in [5.74, 6) is 5.47. The Kier molecular flexibility index (Phi) is 11.9. The van der Waals surface area contributed by atoms with Crippen molar-refractivity contribution in [2.24, 2.45) is 5.84 Å². The van der Waals surface area contributed by atoms with Crippen molar-refractivity contribution >= 4 is 0 Å². The van der Waals surface area contributed by atoms with Gasteiger partial charge in [-0.3, -0.25) is 11.3 Å². The molecule has 0 amide bonds. The van der Waals surface area contributed by atoms with Crippen LogP contribution in [0, 0.1) is 0 Å². The Morgan fingerprint density at radius 3 is 2.40 bits per heavy atom. The van der Waals surface area contributed by atoms with E-state index >= 15 is 0 Å². The second-order valence-electron chi connectivity index (χ2n) is 4.14. The highest BCUT2D eigenvalue weighted by atomic mass is 16.5. The van der Waals surface area contributed by atoms with Gasteiger partial charge in [0, 0.05) is 12.6 Å². The summed E-state index contributed by atoms with van der Waals surface area (Å²) in [7, 11) is 0. The van der Waals surface area contributed by atoms with E-state index in [1.54, 1.807) is 0 Å². The molecule has 1 unspecified atom stereocenters. The predicted molar refractivity (Wildman–Crippen MR) is 65.6 cm³/mol. The average Bonchev–Trinajstić information content (AvgIpc) is 2.26. The van der Waals surface area contributed by atoms with Crippen LogP contribution in [0.3, 0.4) is 0 Å². The summed E-state index contributed by atoms with van der Waals surface area (Å²) in [6, 6.07) is 0.332. The van der Waals surface area contributed by atoms with E-state index in [1.807, 2.05) is 0 Å². The highest BCUT2D eigenvalue weighted by molar-refractivity contribution is 4.62. The number of hydrogen-bond acceptors (Lipinski definition) is 3. The summed E-state index contributed by atoms with van der Waals surface area (Å²) < 4.78 is 5.47. The monoisotopic (exact) mass is 216 g/mol. The summed E-state index contributed by atoms with van der Waals surface area (Å²) in [4.78, 5) is 0. The molecule has 3 nitrogen and oxygen atoms in total. The fraction of sp³-hybridized carbons (Fsp3) is 1.00. The molecule has 0 radical (unpaired) electrons. The van der Waals surface area contributed by atoms with Gasteiger partial charge in [0.05, 0.1) is 6.61 Å². The minimum absolute atomic E-state index is 0.332. The van der Waals surface area contributed by atoms with Crippen molar-refractivity contribution in [1.82, 2.24) is 5.43 Å². The molecule has 3 heteroatoms. The van der Waals surface area contributed by atoms with Gasteiger partial charge in [-0.1, -0.05) is 46.0 Å². The number of rotatable bonds is 11. The van der Waals surface area contributed by atoms with Crippen molar-refractivity contribution < 1.29 is 4.74 Å². The molecule has 0 aromatic heterocycles. The van der Waals surface area contributed by atoms with Crippen LogP contribution >= 0.6 is 0 Å². The van der Waals surface area contributed by atoms with Crippen molar-refractivity contribution in [3.05, 3.63) is 0 Å². The zero-order valence-electron chi connectivity index (χ0n) is 10.4. The molecule has 1 atom stereocenters. The van der Waals surface area contributed by atoms with Crippen molar-refractivity contribution in [2.75, 3.05) is 13.2 Å². The van der Waals surface area contributed by atoms with Crippen LogP contribution in [0.15, 0.2) is 0 Å². The first-order valence-electron chi connectivity index (χ1n) is 6.39. The summed E-state index contributed by atoms with van der Waals surface area (Å²) in [5, 5.41) is 0. The third kappa shape index (κ3) is 10.2. The van der Waals surface area contributed by atoms with E-state index in [4.69, 9.17) is 10.6 Å². The minimum Gasteiger partial charge on any atom is -0.380 e. The van der Waals surface area contributed by atoms with Gasteiger partial charge in [-0.25, -0.2) is 0 Å². The van der Waals surface area contributed by atoms with Gasteiger partial charge >= 0.3 is 0 Å². The molecule has 0 fully saturated rings. The van der Waals surface area contributed by atoms with Crippen LogP contribution in [0.25, 0.3) is 0 Å². The number of unbranched alkanes of at least 4 members (excludes halogenated alkanes) is 4. The molecule has 3 N–H and O–H groups in total. The van der Waals surface area contributed by atoms with Crippen LogP contribution < -0.4 is 11.3 Å². The lowest BCUT2D eigenvalue weighted by molar-refractivity contribution is 0.108. The quantitative estimate of drug-likeness (QED) is 0.317. The minimum atomic E-state index is 0.332. The van der Waals surface area contributed by atoms with Crippen molar-refractivity contribution in [2.45, 2.75) is 64.8 Å². The Balaban J connectivity index is 3.28. The van der Waals surface area contributed by atoms with Gasteiger partial charge < -0.3 is 4.74 Å². The van der Waals surface area contributed by atoms with Gasteiger partial charge in [-0.05, 0) is 12.8 Å². The Morgan fingerprint density at radius 1 is 1.07 bits per heavy atom. The number of nitrogens with one attached hydrogen (secondary N) is 1. The first-order chi connectivity index (χ1) is 7.35. The second-order valence-corrected chi connectivity index (χ2v) is 4.14. The van der Waals surface area contributed by atoms with Gasteiger partial charge in [0.2, 0.25) is 0 Å². The van der Waals surface area contributed by atoms with E-state index in [-0.39, 0.29) is 0 Å². The molecule has 0 rings (SSSR count). The van der Waals surface area contributed by atoms with E-state index < -0.39 is 0 Å². The van der Waals surface area contributed by atoms with Crippen molar-refractivity contribution in [3.63, 3.8) is 0 Å². The summed E-state index contributed by atoms with van der Waals surface area (Å²) >= 11 is 0. The molecule has 0 aliphatic carbocycles. The molecule has 0 aliphatic rings. The largest absolute Gasteiger partial charge is 0.380 e. The van der Waals surface area contributed by atoms with Gasteiger partial charge in [0.15, 0.2) is 0 Å². The third-order valence-corrected chi connectivity index (χ3v) is 2.56. The van der Waals surface area contributed by atoms with Crippen LogP contribution in [0.2, 0.25) is 0 Å². The van der Waals surface area contributed by atoms with E-state index in [2.05, 4.69) is 19.3 Å². The van der Waals surface area contributed by atoms with Crippen LogP contribution in [-0.2, 0) is 4.74 Å². The van der Waals surface area contributed by atoms with Crippen LogP contribution in [0.1, 0.15) is 58.8 Å². The molecule has 0 spiro atoms. The highest BCUT2D eigenvalue weighted by Gasteiger charge is 2.05. The van der Waals surface area contributed by atoms with Gasteiger partial charge in [0.25, 0.3) is 0 Å². The number of ether oxygens (including phenoxy) is 1. The molecule has 0 aromatic carbocycles. The van der Waals surface area contributed by atoms with Crippen LogP contribution in [0.4, 0.5) is 0 Å². The maximum absolute atomic E-state index is 5.47. The second kappa shape index (κ2) is 12.0. The predicted octanol–water partition coefficient (Wildman–Crippen LogP) is 2.61. The molecule has 0 aliphatic heterocycles. The fourth-order valence-corrected chi connectivity index (χ4v) is 1.58. The maximum atomic E-state index is 5.47. The lowest BCUT2D eigenvalue weighted by Gasteiger charge is -2.15. The summed E-state index contributed by atoms with van der Waals surface area (Å²) in [6.45, 7) is 5.95. The van der Waals surface area contributed by atoms with Gasteiger partial charge in [0.1, 0.15) is 0 Å². The lowest BCUT2D eigenvalue weighted by atomic mass is 10.1. The summed E-state index contributed by atoms with van der Waals surface area (Å²) in [6.07, 6.45) is 8.79. The Labute approximate surface area is 94.7 Å². The van der Waals surface area contributed by atoms with E-state index in [9.17, 15) is 0 Å². The molecule has 0 saturated carbocycles. The maximum Gasteiger partial charge on any atom is 0.0633 e.